The van der Waals surface area contributed by atoms with Crippen LogP contribution in [0, 0.1) is 0 Å². The van der Waals surface area contributed by atoms with Crippen LogP contribution in [0.3, 0.4) is 0 Å². The van der Waals surface area contributed by atoms with Gasteiger partial charge in [0.25, 0.3) is 11.8 Å². The van der Waals surface area contributed by atoms with Crippen LogP contribution >= 0.6 is 0 Å². The molecule has 8 rings (SSSR count). The molecule has 20 heteroatoms. The van der Waals surface area contributed by atoms with E-state index in [4.69, 9.17) is 10.0 Å². The number of carbonyl (C=O) groups excluding carboxylic acids is 2. The molecule has 0 unspecified atom stereocenters. The molecular weight excluding hydrogens is 837 g/mol. The van der Waals surface area contributed by atoms with Crippen LogP contribution in [0.15, 0.2) is 106 Å². The number of hydrogen-bond donors (Lipinski definition) is 4. The SMILES string of the molecule is O=C(NO)C1=CCN(S(=O)(=O)c2ccc(-c3cnn(C4CCN(CCONC(=O)C5=CCN(S(=O)(=O)c6ccc(-c7cnn(C8CCNCC8)c7)cc6)CC5)CC4)c3)cc2)CC1. The molecule has 4 aliphatic heterocycles. The van der Waals surface area contributed by atoms with Crippen molar-refractivity contribution in [3.8, 4) is 22.3 Å². The Kier molecular flexibility index (Phi) is 13.5. The first-order valence-electron chi connectivity index (χ1n) is 21.0. The van der Waals surface area contributed by atoms with Crippen molar-refractivity contribution in [1.29, 1.82) is 0 Å². The monoisotopic (exact) mass is 888 g/mol. The number of carbonyl (C=O) groups is 2. The molecule has 4 aromatic rings. The molecule has 4 aliphatic rings. The quantitative estimate of drug-likeness (QED) is 0.0818. The van der Waals surface area contributed by atoms with Crippen LogP contribution in [-0.4, -0.2) is 132 Å². The smallest absolute Gasteiger partial charge is 0.270 e. The minimum Gasteiger partial charge on any atom is -0.317 e. The zero-order valence-electron chi connectivity index (χ0n) is 34.3. The Labute approximate surface area is 361 Å². The molecule has 2 aromatic heterocycles. The molecule has 62 heavy (non-hydrogen) atoms. The maximum absolute atomic E-state index is 13.5. The van der Waals surface area contributed by atoms with Crippen LogP contribution in [0.5, 0.6) is 0 Å². The summed E-state index contributed by atoms with van der Waals surface area (Å²) < 4.78 is 60.0. The molecule has 330 valence electrons. The van der Waals surface area contributed by atoms with E-state index in [0.29, 0.717) is 30.3 Å². The molecule has 2 saturated heterocycles. The van der Waals surface area contributed by atoms with Crippen molar-refractivity contribution in [2.75, 3.05) is 65.5 Å². The molecule has 0 spiro atoms. The number of likely N-dealkylation sites (tertiary alicyclic amines) is 1. The highest BCUT2D eigenvalue weighted by Gasteiger charge is 2.30. The normalized spacial score (nSPS) is 19.2. The van der Waals surface area contributed by atoms with Gasteiger partial charge in [0.2, 0.25) is 20.0 Å². The summed E-state index contributed by atoms with van der Waals surface area (Å²) in [4.78, 5) is 32.7. The summed E-state index contributed by atoms with van der Waals surface area (Å²) in [6, 6.07) is 14.1. The molecule has 0 radical (unpaired) electrons. The fraction of sp³-hybridized carbons (Fsp3) is 0.429. The molecule has 0 aliphatic carbocycles. The molecule has 0 bridgehead atoms. The average molecular weight is 889 g/mol. The summed E-state index contributed by atoms with van der Waals surface area (Å²) in [5, 5.41) is 21.4. The lowest BCUT2D eigenvalue weighted by molar-refractivity contribution is -0.130. The number of piperidine rings is 2. The zero-order chi connectivity index (χ0) is 43.3. The third kappa shape index (κ3) is 9.77. The number of hydroxylamine groups is 2. The Bertz CT molecular complexity index is 2510. The molecule has 4 N–H and O–H groups in total. The fourth-order valence-electron chi connectivity index (χ4n) is 8.37. The minimum absolute atomic E-state index is 0.0450. The molecule has 18 nitrogen and oxygen atoms in total. The molecule has 2 aromatic carbocycles. The average Bonchev–Trinajstić information content (AvgIpc) is 4.03. The predicted molar refractivity (Wildman–Crippen MR) is 228 cm³/mol. The van der Waals surface area contributed by atoms with Crippen LogP contribution in [0.25, 0.3) is 22.3 Å². The fourth-order valence-corrected chi connectivity index (χ4v) is 11.1. The molecular formula is C42H52N10O8S2. The van der Waals surface area contributed by atoms with Gasteiger partial charge in [0.15, 0.2) is 0 Å². The first kappa shape index (κ1) is 43.6. The lowest BCUT2D eigenvalue weighted by Crippen LogP contribution is -2.39. The maximum Gasteiger partial charge on any atom is 0.270 e. The van der Waals surface area contributed by atoms with Crippen LogP contribution in [-0.2, 0) is 34.5 Å². The van der Waals surface area contributed by atoms with Gasteiger partial charge in [-0.1, -0.05) is 36.4 Å². The number of nitrogens with one attached hydrogen (secondary N) is 3. The van der Waals surface area contributed by atoms with E-state index < -0.39 is 26.0 Å². The van der Waals surface area contributed by atoms with E-state index in [1.54, 1.807) is 54.2 Å². The van der Waals surface area contributed by atoms with Crippen molar-refractivity contribution in [2.45, 2.75) is 60.4 Å². The first-order chi connectivity index (χ1) is 30.0. The van der Waals surface area contributed by atoms with Crippen molar-refractivity contribution in [3.63, 3.8) is 0 Å². The highest BCUT2D eigenvalue weighted by atomic mass is 32.2. The van der Waals surface area contributed by atoms with Gasteiger partial charge < -0.3 is 10.2 Å². The van der Waals surface area contributed by atoms with E-state index in [-0.39, 0.29) is 60.8 Å². The van der Waals surface area contributed by atoms with Crippen molar-refractivity contribution >= 4 is 31.9 Å². The number of rotatable bonds is 14. The van der Waals surface area contributed by atoms with Gasteiger partial charge in [0.05, 0.1) is 40.9 Å². The van der Waals surface area contributed by atoms with E-state index in [2.05, 4.69) is 25.9 Å². The third-order valence-corrected chi connectivity index (χ3v) is 15.9. The lowest BCUT2D eigenvalue weighted by Gasteiger charge is -2.31. The van der Waals surface area contributed by atoms with Crippen molar-refractivity contribution in [2.24, 2.45) is 0 Å². The summed E-state index contributed by atoms with van der Waals surface area (Å²) in [5.74, 6) is -0.996. The second kappa shape index (κ2) is 19.1. The Hall–Kier alpha value is -5.06. The number of nitrogens with zero attached hydrogens (tertiary/aromatic N) is 7. The highest BCUT2D eigenvalue weighted by molar-refractivity contribution is 7.89. The number of benzene rings is 2. The van der Waals surface area contributed by atoms with Gasteiger partial charge in [-0.2, -0.15) is 18.8 Å². The van der Waals surface area contributed by atoms with Crippen molar-refractivity contribution in [3.05, 3.63) is 96.6 Å². The van der Waals surface area contributed by atoms with Gasteiger partial charge in [0, 0.05) is 80.5 Å². The maximum atomic E-state index is 13.5. The van der Waals surface area contributed by atoms with Crippen molar-refractivity contribution in [1.82, 2.24) is 49.3 Å². The predicted octanol–water partition coefficient (Wildman–Crippen LogP) is 2.87. The number of sulfonamides is 2. The Morgan fingerprint density at radius 2 is 1.16 bits per heavy atom. The van der Waals surface area contributed by atoms with Crippen LogP contribution < -0.4 is 16.3 Å². The molecule has 2 fully saturated rings. The molecule has 6 heterocycles. The van der Waals surface area contributed by atoms with Gasteiger partial charge in [-0.15, -0.1) is 0 Å². The number of aromatic nitrogens is 4. The van der Waals surface area contributed by atoms with Gasteiger partial charge >= 0.3 is 0 Å². The first-order valence-corrected chi connectivity index (χ1v) is 23.8. The molecule has 0 atom stereocenters. The second-order valence-corrected chi connectivity index (χ2v) is 19.8. The minimum atomic E-state index is -3.76. The standard InChI is InChI=1S/C42H52N10O8S2/c53-41(46-55)33-11-21-49(22-12-33)61(56,57)39-7-3-32(4-8-39)36-28-45-52(30-36)38-15-19-48(20-16-38)25-26-60-47-42(54)34-13-23-50(24-14-34)62(58,59)40-5-1-31(2-6-40)35-27-44-51(29-35)37-9-17-43-18-10-37/h1-8,11,13,27-30,37-38,43,55H,9-10,12,14-26H2,(H,46,53)(H,47,54). The van der Waals surface area contributed by atoms with E-state index in [0.717, 1.165) is 74.1 Å². The lowest BCUT2D eigenvalue weighted by atomic mass is 10.1. The van der Waals surface area contributed by atoms with Crippen LogP contribution in [0.4, 0.5) is 0 Å². The van der Waals surface area contributed by atoms with Crippen LogP contribution in [0.2, 0.25) is 0 Å². The summed E-state index contributed by atoms with van der Waals surface area (Å²) in [5.41, 5.74) is 8.51. The number of amides is 2. The van der Waals surface area contributed by atoms with E-state index in [9.17, 15) is 26.4 Å². The Morgan fingerprint density at radius 1 is 0.677 bits per heavy atom. The van der Waals surface area contributed by atoms with Gasteiger partial charge in [-0.05, 0) is 87.0 Å². The molecule has 2 amide bonds. The van der Waals surface area contributed by atoms with E-state index in [1.165, 1.54) is 14.7 Å². The van der Waals surface area contributed by atoms with Gasteiger partial charge in [0.1, 0.15) is 0 Å². The van der Waals surface area contributed by atoms with Crippen molar-refractivity contribution < 1.29 is 36.5 Å². The van der Waals surface area contributed by atoms with Crippen LogP contribution in [0.1, 0.15) is 50.6 Å². The van der Waals surface area contributed by atoms with Gasteiger partial charge in [-0.25, -0.2) is 27.8 Å². The summed E-state index contributed by atoms with van der Waals surface area (Å²) in [6.07, 6.45) is 15.0. The van der Waals surface area contributed by atoms with E-state index in [1.807, 2.05) is 40.1 Å². The Balaban J connectivity index is 0.744. The van der Waals surface area contributed by atoms with E-state index >= 15 is 0 Å². The largest absolute Gasteiger partial charge is 0.317 e. The molecule has 0 saturated carbocycles. The summed E-state index contributed by atoms with van der Waals surface area (Å²) in [7, 11) is -7.51. The zero-order valence-corrected chi connectivity index (χ0v) is 35.9. The topological polar surface area (TPSA) is 213 Å². The summed E-state index contributed by atoms with van der Waals surface area (Å²) >= 11 is 0. The highest BCUT2D eigenvalue weighted by Crippen LogP contribution is 2.29. The second-order valence-electron chi connectivity index (χ2n) is 15.9. The Morgan fingerprint density at radius 3 is 1.63 bits per heavy atom. The number of hydrogen-bond acceptors (Lipinski definition) is 12. The van der Waals surface area contributed by atoms with Gasteiger partial charge in [-0.3, -0.25) is 29.0 Å². The third-order valence-electron chi connectivity index (χ3n) is 12.2. The summed E-state index contributed by atoms with van der Waals surface area (Å²) in [6.45, 7) is 4.98.